The Balaban J connectivity index is 2.04. The van der Waals surface area contributed by atoms with Gasteiger partial charge in [0.15, 0.2) is 0 Å². The van der Waals surface area contributed by atoms with Crippen LogP contribution in [0.5, 0.6) is 0 Å². The van der Waals surface area contributed by atoms with E-state index in [0.717, 1.165) is 30.3 Å². The minimum absolute atomic E-state index is 0.0954. The Morgan fingerprint density at radius 3 is 2.69 bits per heavy atom. The Hall–Kier alpha value is -1.24. The molecule has 1 N–H and O–H groups in total. The summed E-state index contributed by atoms with van der Waals surface area (Å²) in [7, 11) is 0.531. The number of cyclic esters (lactones) is 1. The second kappa shape index (κ2) is 10.2. The summed E-state index contributed by atoms with van der Waals surface area (Å²) in [4.78, 5) is 11.7. The molecule has 29 heavy (non-hydrogen) atoms. The Kier molecular flexibility index (Phi) is 8.44. The molecule has 0 amide bonds. The van der Waals surface area contributed by atoms with Crippen molar-refractivity contribution in [1.82, 2.24) is 0 Å². The molecule has 2 atom stereocenters. The van der Waals surface area contributed by atoms with E-state index < -0.39 is 0 Å². The van der Waals surface area contributed by atoms with Crippen molar-refractivity contribution in [1.29, 1.82) is 0 Å². The number of carbonyl (C=O) groups is 1. The van der Waals surface area contributed by atoms with Gasteiger partial charge in [-0.3, -0.25) is 4.79 Å². The van der Waals surface area contributed by atoms with Crippen molar-refractivity contribution in [2.24, 2.45) is 5.92 Å². The minimum atomic E-state index is -0.360. The first-order chi connectivity index (χ1) is 13.6. The van der Waals surface area contributed by atoms with Crippen molar-refractivity contribution >= 4 is 37.6 Å². The Morgan fingerprint density at radius 1 is 1.34 bits per heavy atom. The second-order valence-corrected chi connectivity index (χ2v) is 10.1. The fourth-order valence-corrected chi connectivity index (χ4v) is 3.44. The third kappa shape index (κ3) is 6.90. The Morgan fingerprint density at radius 2 is 2.07 bits per heavy atom. The SMILES string of the molecule is C/C=C/c1cc(CCC2CC(=O)O[C@@H](CO)C2)ccc1BOC(C)(C)C(C)(C)S. The molecule has 2 rings (SSSR count). The van der Waals surface area contributed by atoms with Gasteiger partial charge in [0.1, 0.15) is 6.10 Å². The summed E-state index contributed by atoms with van der Waals surface area (Å²) < 4.78 is 11.1. The van der Waals surface area contributed by atoms with Gasteiger partial charge in [-0.15, -0.1) is 0 Å². The van der Waals surface area contributed by atoms with E-state index in [2.05, 4.69) is 64.6 Å². The third-order valence-electron chi connectivity index (χ3n) is 6.01. The molecule has 6 heteroatoms. The van der Waals surface area contributed by atoms with Gasteiger partial charge in [-0.1, -0.05) is 30.4 Å². The lowest BCUT2D eigenvalue weighted by atomic mass is 9.80. The number of esters is 1. The van der Waals surface area contributed by atoms with Gasteiger partial charge in [-0.2, -0.15) is 12.6 Å². The second-order valence-electron chi connectivity index (χ2n) is 9.03. The maximum absolute atomic E-state index is 11.7. The highest BCUT2D eigenvalue weighted by Gasteiger charge is 2.34. The Labute approximate surface area is 181 Å². The lowest BCUT2D eigenvalue weighted by molar-refractivity contribution is -0.159. The topological polar surface area (TPSA) is 55.8 Å². The zero-order valence-corrected chi connectivity index (χ0v) is 19.3. The van der Waals surface area contributed by atoms with Gasteiger partial charge in [-0.25, -0.2) is 0 Å². The standard InChI is InChI=1S/C23H35BO4S/c1-6-7-18-12-16(8-9-17-13-19(15-25)27-21(26)14-17)10-11-20(18)24-28-22(2,3)23(4,5)29/h6-7,10-12,17,19,24-25,29H,8-9,13-15H2,1-5H3/b7-6+/t17?,19-/m1/s1. The lowest BCUT2D eigenvalue weighted by Gasteiger charge is -2.38. The zero-order chi connectivity index (χ0) is 21.7. The van der Waals surface area contributed by atoms with Crippen molar-refractivity contribution in [2.75, 3.05) is 6.61 Å². The lowest BCUT2D eigenvalue weighted by Crippen LogP contribution is -2.46. The molecule has 0 spiro atoms. The molecule has 0 saturated carbocycles. The predicted molar refractivity (Wildman–Crippen MR) is 124 cm³/mol. The molecule has 1 aliphatic heterocycles. The smallest absolute Gasteiger partial charge is 0.309 e. The van der Waals surface area contributed by atoms with Crippen LogP contribution in [-0.2, 0) is 20.6 Å². The van der Waals surface area contributed by atoms with E-state index in [1.54, 1.807) is 0 Å². The average molecular weight is 418 g/mol. The third-order valence-corrected chi connectivity index (χ3v) is 6.55. The molecule has 0 aliphatic carbocycles. The fraction of sp³-hybridized carbons (Fsp3) is 0.609. The van der Waals surface area contributed by atoms with Crippen LogP contribution in [0.15, 0.2) is 24.3 Å². The van der Waals surface area contributed by atoms with Crippen LogP contribution in [0.3, 0.4) is 0 Å². The van der Waals surface area contributed by atoms with Crippen LogP contribution >= 0.6 is 12.6 Å². The van der Waals surface area contributed by atoms with Gasteiger partial charge in [0.05, 0.1) is 12.2 Å². The van der Waals surface area contributed by atoms with Crippen molar-refractivity contribution in [3.63, 3.8) is 0 Å². The normalized spacial score (nSPS) is 20.7. The van der Waals surface area contributed by atoms with Gasteiger partial charge in [-0.05, 0) is 76.4 Å². The monoisotopic (exact) mass is 418 g/mol. The molecule has 4 nitrogen and oxygen atoms in total. The van der Waals surface area contributed by atoms with E-state index >= 15 is 0 Å². The van der Waals surface area contributed by atoms with Crippen LogP contribution < -0.4 is 5.46 Å². The van der Waals surface area contributed by atoms with Crippen LogP contribution in [0.4, 0.5) is 0 Å². The van der Waals surface area contributed by atoms with Gasteiger partial charge in [0, 0.05) is 11.2 Å². The first kappa shape index (κ1) is 24.0. The molecule has 0 aromatic heterocycles. The summed E-state index contributed by atoms with van der Waals surface area (Å²) in [5, 5.41) is 9.29. The average Bonchev–Trinajstić information content (AvgIpc) is 2.64. The molecule has 1 aromatic rings. The van der Waals surface area contributed by atoms with Crippen LogP contribution in [-0.4, -0.2) is 41.6 Å². The molecule has 160 valence electrons. The number of hydrogen-bond donors (Lipinski definition) is 2. The number of aryl methyl sites for hydroxylation is 1. The molecular formula is C23H35BO4S. The molecule has 0 bridgehead atoms. The molecular weight excluding hydrogens is 383 g/mol. The molecule has 1 fully saturated rings. The first-order valence-electron chi connectivity index (χ1n) is 10.5. The van der Waals surface area contributed by atoms with Gasteiger partial charge >= 0.3 is 13.5 Å². The van der Waals surface area contributed by atoms with Crippen LogP contribution in [0.2, 0.25) is 0 Å². The molecule has 1 aromatic carbocycles. The largest absolute Gasteiger partial charge is 0.460 e. The maximum Gasteiger partial charge on any atom is 0.309 e. The molecule has 1 unspecified atom stereocenters. The highest BCUT2D eigenvalue weighted by Crippen LogP contribution is 2.30. The number of allylic oxidation sites excluding steroid dienone is 1. The van der Waals surface area contributed by atoms with E-state index in [1.165, 1.54) is 5.56 Å². The number of carbonyl (C=O) groups excluding carboxylic acids is 1. The first-order valence-corrected chi connectivity index (χ1v) is 10.9. The number of thiol groups is 1. The quantitative estimate of drug-likeness (QED) is 0.367. The summed E-state index contributed by atoms with van der Waals surface area (Å²) in [6.45, 7) is 10.2. The van der Waals surface area contributed by atoms with Gasteiger partial charge in [0.25, 0.3) is 0 Å². The number of rotatable bonds is 9. The van der Waals surface area contributed by atoms with E-state index in [4.69, 9.17) is 9.39 Å². The number of ether oxygens (including phenoxy) is 1. The number of aliphatic hydroxyl groups is 1. The zero-order valence-electron chi connectivity index (χ0n) is 18.4. The van der Waals surface area contributed by atoms with E-state index in [0.29, 0.717) is 13.9 Å². The van der Waals surface area contributed by atoms with Crippen molar-refractivity contribution < 1.29 is 19.3 Å². The summed E-state index contributed by atoms with van der Waals surface area (Å²) in [5.74, 6) is 0.0668. The predicted octanol–water partition coefficient (Wildman–Crippen LogP) is 3.45. The molecule has 1 heterocycles. The van der Waals surface area contributed by atoms with Crippen LogP contribution in [0.25, 0.3) is 6.08 Å². The van der Waals surface area contributed by atoms with Crippen molar-refractivity contribution in [3.8, 4) is 0 Å². The summed E-state index contributed by atoms with van der Waals surface area (Å²) in [5.41, 5.74) is 3.20. The summed E-state index contributed by atoms with van der Waals surface area (Å²) in [6, 6.07) is 6.50. The van der Waals surface area contributed by atoms with E-state index in [9.17, 15) is 9.90 Å². The highest BCUT2D eigenvalue weighted by atomic mass is 32.1. The van der Waals surface area contributed by atoms with Gasteiger partial charge < -0.3 is 14.5 Å². The molecule has 1 saturated heterocycles. The Bertz CT molecular complexity index is 724. The minimum Gasteiger partial charge on any atom is -0.460 e. The number of hydrogen-bond acceptors (Lipinski definition) is 5. The number of benzene rings is 1. The number of aliphatic hydroxyl groups excluding tert-OH is 1. The maximum atomic E-state index is 11.7. The van der Waals surface area contributed by atoms with Crippen LogP contribution in [0.1, 0.15) is 65.0 Å². The molecule has 0 radical (unpaired) electrons. The van der Waals surface area contributed by atoms with Gasteiger partial charge in [0.2, 0.25) is 0 Å². The van der Waals surface area contributed by atoms with Crippen LogP contribution in [0, 0.1) is 5.92 Å². The molecule has 1 aliphatic rings. The van der Waals surface area contributed by atoms with E-state index in [1.807, 2.05) is 13.0 Å². The van der Waals surface area contributed by atoms with E-state index in [-0.39, 0.29) is 34.9 Å². The fourth-order valence-electron chi connectivity index (χ4n) is 3.38. The van der Waals surface area contributed by atoms with Crippen molar-refractivity contribution in [3.05, 3.63) is 35.4 Å². The summed E-state index contributed by atoms with van der Waals surface area (Å²) in [6.07, 6.45) is 6.80. The highest BCUT2D eigenvalue weighted by molar-refractivity contribution is 7.81. The summed E-state index contributed by atoms with van der Waals surface area (Å²) >= 11 is 4.68. The van der Waals surface area contributed by atoms with Crippen molar-refractivity contribution in [2.45, 2.75) is 76.8 Å².